The first-order chi connectivity index (χ1) is 7.83. The molecule has 0 amide bonds. The minimum atomic E-state index is -4.17. The van der Waals surface area contributed by atoms with Crippen LogP contribution in [0.25, 0.3) is 0 Å². The van der Waals surface area contributed by atoms with Crippen molar-refractivity contribution in [2.75, 3.05) is 0 Å². The third-order valence-corrected chi connectivity index (χ3v) is 2.78. The zero-order valence-corrected chi connectivity index (χ0v) is 9.36. The Morgan fingerprint density at radius 2 is 1.82 bits per heavy atom. The average molecular weight is 244 g/mol. The zero-order chi connectivity index (χ0) is 13.1. The molecule has 5 heteroatoms. The highest BCUT2D eigenvalue weighted by atomic mass is 19.3. The van der Waals surface area contributed by atoms with Crippen molar-refractivity contribution in [3.8, 4) is 0 Å². The summed E-state index contributed by atoms with van der Waals surface area (Å²) in [5.74, 6) is -6.48. The fourth-order valence-corrected chi connectivity index (χ4v) is 1.59. The van der Waals surface area contributed by atoms with Gasteiger partial charge in [-0.25, -0.2) is 4.79 Å². The highest BCUT2D eigenvalue weighted by Gasteiger charge is 2.57. The molecule has 0 aliphatic rings. The summed E-state index contributed by atoms with van der Waals surface area (Å²) in [4.78, 5) is 10.5. The summed E-state index contributed by atoms with van der Waals surface area (Å²) >= 11 is 0. The van der Waals surface area contributed by atoms with E-state index in [4.69, 9.17) is 5.11 Å². The number of benzene rings is 1. The molecule has 0 spiro atoms. The molecule has 0 aliphatic carbocycles. The summed E-state index contributed by atoms with van der Waals surface area (Å²) < 4.78 is 26.9. The molecule has 1 aromatic carbocycles. The van der Waals surface area contributed by atoms with Gasteiger partial charge in [0.1, 0.15) is 5.60 Å². The van der Waals surface area contributed by atoms with E-state index in [0.29, 0.717) is 5.56 Å². The lowest BCUT2D eigenvalue weighted by Crippen LogP contribution is -2.54. The molecule has 0 radical (unpaired) electrons. The van der Waals surface area contributed by atoms with E-state index in [1.165, 1.54) is 6.92 Å². The van der Waals surface area contributed by atoms with Crippen LogP contribution in [0.1, 0.15) is 18.9 Å². The normalized spacial score (nSPS) is 15.3. The molecule has 2 N–H and O–H groups in total. The number of carboxylic acids is 1. The van der Waals surface area contributed by atoms with Gasteiger partial charge in [-0.15, -0.1) is 0 Å². The van der Waals surface area contributed by atoms with Gasteiger partial charge < -0.3 is 10.2 Å². The number of rotatable bonds is 5. The van der Waals surface area contributed by atoms with Crippen molar-refractivity contribution in [3.05, 3.63) is 35.9 Å². The molecule has 94 valence electrons. The lowest BCUT2D eigenvalue weighted by Gasteiger charge is -2.32. The van der Waals surface area contributed by atoms with E-state index in [2.05, 4.69) is 0 Å². The van der Waals surface area contributed by atoms with Gasteiger partial charge in [0.15, 0.2) is 0 Å². The molecular formula is C12H14F2O3. The van der Waals surface area contributed by atoms with E-state index in [1.54, 1.807) is 30.3 Å². The van der Waals surface area contributed by atoms with Crippen molar-refractivity contribution in [1.29, 1.82) is 0 Å². The molecule has 0 aliphatic heterocycles. The van der Waals surface area contributed by atoms with E-state index in [9.17, 15) is 18.7 Å². The smallest absolute Gasteiger partial charge is 0.377 e. The number of hydrogen-bond donors (Lipinski definition) is 2. The lowest BCUT2D eigenvalue weighted by atomic mass is 9.86. The maximum atomic E-state index is 13.4. The van der Waals surface area contributed by atoms with Crippen LogP contribution < -0.4 is 0 Å². The van der Waals surface area contributed by atoms with E-state index in [0.717, 1.165) is 0 Å². The maximum absolute atomic E-state index is 13.4. The van der Waals surface area contributed by atoms with Crippen molar-refractivity contribution in [1.82, 2.24) is 0 Å². The highest BCUT2D eigenvalue weighted by molar-refractivity contribution is 5.77. The first-order valence-electron chi connectivity index (χ1n) is 5.21. The molecule has 0 aromatic heterocycles. The summed E-state index contributed by atoms with van der Waals surface area (Å²) in [5, 5.41) is 18.3. The van der Waals surface area contributed by atoms with Gasteiger partial charge in [0.2, 0.25) is 0 Å². The van der Waals surface area contributed by atoms with Crippen molar-refractivity contribution in [3.63, 3.8) is 0 Å². The minimum absolute atomic E-state index is 0.346. The van der Waals surface area contributed by atoms with E-state index in [1.807, 2.05) is 0 Å². The van der Waals surface area contributed by atoms with Gasteiger partial charge in [0.05, 0.1) is 0 Å². The average Bonchev–Trinajstić information content (AvgIpc) is 2.29. The van der Waals surface area contributed by atoms with Crippen LogP contribution in [0.15, 0.2) is 30.3 Å². The molecule has 0 saturated heterocycles. The predicted molar refractivity (Wildman–Crippen MR) is 58.0 cm³/mol. The molecule has 3 nitrogen and oxygen atoms in total. The Balaban J connectivity index is 3.01. The standard InChI is InChI=1S/C12H14F2O3/c1-2-11(17,12(13,14)10(15)16)8-9-6-4-3-5-7-9/h3-7,17H,2,8H2,1H3,(H,15,16). The number of halogens is 2. The Hall–Kier alpha value is -1.49. The first-order valence-corrected chi connectivity index (χ1v) is 5.21. The van der Waals surface area contributed by atoms with E-state index in [-0.39, 0.29) is 6.42 Å². The molecule has 17 heavy (non-hydrogen) atoms. The van der Waals surface area contributed by atoms with Crippen LogP contribution in [-0.2, 0) is 11.2 Å². The Bertz CT molecular complexity index is 392. The molecule has 0 saturated carbocycles. The minimum Gasteiger partial charge on any atom is -0.477 e. The number of alkyl halides is 2. The van der Waals surface area contributed by atoms with Crippen molar-refractivity contribution in [2.24, 2.45) is 0 Å². The molecule has 1 atom stereocenters. The van der Waals surface area contributed by atoms with Crippen molar-refractivity contribution < 1.29 is 23.8 Å². The molecule has 0 fully saturated rings. The summed E-state index contributed by atoms with van der Waals surface area (Å²) in [7, 11) is 0. The fraction of sp³-hybridized carbons (Fsp3) is 0.417. The molecule has 0 heterocycles. The second kappa shape index (κ2) is 4.79. The van der Waals surface area contributed by atoms with Crippen LogP contribution in [-0.4, -0.2) is 27.7 Å². The van der Waals surface area contributed by atoms with Crippen molar-refractivity contribution >= 4 is 5.97 Å². The maximum Gasteiger partial charge on any atom is 0.377 e. The van der Waals surface area contributed by atoms with Gasteiger partial charge in [0.25, 0.3) is 0 Å². The second-order valence-electron chi connectivity index (χ2n) is 3.93. The molecule has 1 aromatic rings. The second-order valence-corrected chi connectivity index (χ2v) is 3.93. The Morgan fingerprint density at radius 3 is 2.24 bits per heavy atom. The van der Waals surface area contributed by atoms with Crippen LogP contribution in [0.4, 0.5) is 8.78 Å². The summed E-state index contributed by atoms with van der Waals surface area (Å²) in [6, 6.07) is 8.13. The number of aliphatic carboxylic acids is 1. The third-order valence-electron chi connectivity index (χ3n) is 2.78. The van der Waals surface area contributed by atoms with Crippen molar-refractivity contribution in [2.45, 2.75) is 31.3 Å². The molecule has 1 rings (SSSR count). The fourth-order valence-electron chi connectivity index (χ4n) is 1.59. The number of carboxylic acid groups (broad SMARTS) is 1. The monoisotopic (exact) mass is 244 g/mol. The number of hydrogen-bond acceptors (Lipinski definition) is 2. The Kier molecular flexibility index (Phi) is 3.83. The van der Waals surface area contributed by atoms with Crippen LogP contribution >= 0.6 is 0 Å². The highest BCUT2D eigenvalue weighted by Crippen LogP contribution is 2.34. The first kappa shape index (κ1) is 13.6. The number of aliphatic hydroxyl groups is 1. The quantitative estimate of drug-likeness (QED) is 0.833. The SMILES string of the molecule is CCC(O)(Cc1ccccc1)C(F)(F)C(=O)O. The summed E-state index contributed by atoms with van der Waals surface area (Å²) in [5.41, 5.74) is -2.10. The van der Waals surface area contributed by atoms with Crippen LogP contribution in [0.5, 0.6) is 0 Å². The van der Waals surface area contributed by atoms with Gasteiger partial charge in [-0.3, -0.25) is 0 Å². The van der Waals surface area contributed by atoms with E-state index >= 15 is 0 Å². The summed E-state index contributed by atoms with van der Waals surface area (Å²) in [6.45, 7) is 1.33. The largest absolute Gasteiger partial charge is 0.477 e. The zero-order valence-electron chi connectivity index (χ0n) is 9.36. The lowest BCUT2D eigenvalue weighted by molar-refractivity contribution is -0.209. The third kappa shape index (κ3) is 2.61. The predicted octanol–water partition coefficient (Wildman–Crippen LogP) is 2.09. The van der Waals surface area contributed by atoms with Crippen LogP contribution in [0.3, 0.4) is 0 Å². The molecule has 0 bridgehead atoms. The summed E-state index contributed by atoms with van der Waals surface area (Å²) in [6.07, 6.45) is -0.745. The molecule has 1 unspecified atom stereocenters. The van der Waals surface area contributed by atoms with Gasteiger partial charge in [-0.1, -0.05) is 37.3 Å². The number of carbonyl (C=O) groups is 1. The Labute approximate surface area is 97.7 Å². The van der Waals surface area contributed by atoms with Gasteiger partial charge in [-0.2, -0.15) is 8.78 Å². The van der Waals surface area contributed by atoms with Gasteiger partial charge in [0, 0.05) is 6.42 Å². The van der Waals surface area contributed by atoms with E-state index < -0.39 is 23.9 Å². The van der Waals surface area contributed by atoms with Gasteiger partial charge in [-0.05, 0) is 12.0 Å². The van der Waals surface area contributed by atoms with Crippen LogP contribution in [0, 0.1) is 0 Å². The topological polar surface area (TPSA) is 57.5 Å². The Morgan fingerprint density at radius 1 is 1.29 bits per heavy atom. The molecular weight excluding hydrogens is 230 g/mol. The van der Waals surface area contributed by atoms with Gasteiger partial charge >= 0.3 is 11.9 Å². The van der Waals surface area contributed by atoms with Crippen LogP contribution in [0.2, 0.25) is 0 Å².